The van der Waals surface area contributed by atoms with E-state index >= 15 is 0 Å². The number of carbonyl (C=O) groups excluding carboxylic acids is 2. The summed E-state index contributed by atoms with van der Waals surface area (Å²) in [6.07, 6.45) is 3.91. The first-order chi connectivity index (χ1) is 13.0. The molecule has 27 heavy (non-hydrogen) atoms. The Balaban J connectivity index is 1.70. The van der Waals surface area contributed by atoms with Gasteiger partial charge < -0.3 is 4.57 Å². The molecule has 3 aromatic rings. The first-order valence-electron chi connectivity index (χ1n) is 8.39. The second-order valence-electron chi connectivity index (χ2n) is 6.33. The maximum atomic E-state index is 13.0. The van der Waals surface area contributed by atoms with Gasteiger partial charge in [0, 0.05) is 35.3 Å². The van der Waals surface area contributed by atoms with Crippen molar-refractivity contribution in [1.29, 1.82) is 0 Å². The van der Waals surface area contributed by atoms with Gasteiger partial charge in [0.15, 0.2) is 10.1 Å². The molecule has 4 nitrogen and oxygen atoms in total. The van der Waals surface area contributed by atoms with Gasteiger partial charge in [-0.15, -0.1) is 0 Å². The third-order valence-electron chi connectivity index (χ3n) is 4.54. The highest BCUT2D eigenvalue weighted by Crippen LogP contribution is 2.37. The second-order valence-corrected chi connectivity index (χ2v) is 8.01. The third-order valence-corrected chi connectivity index (χ3v) is 5.84. The van der Waals surface area contributed by atoms with Gasteiger partial charge in [0.2, 0.25) is 0 Å². The molecule has 1 aliphatic heterocycles. The van der Waals surface area contributed by atoms with Crippen LogP contribution in [0.4, 0.5) is 5.69 Å². The minimum atomic E-state index is -0.145. The Hall–Kier alpha value is -2.70. The lowest BCUT2D eigenvalue weighted by atomic mass is 10.1. The Morgan fingerprint density at radius 2 is 1.81 bits per heavy atom. The number of fused-ring (bicyclic) bond motifs is 1. The number of aromatic nitrogens is 1. The van der Waals surface area contributed by atoms with Gasteiger partial charge in [-0.05, 0) is 43.3 Å². The van der Waals surface area contributed by atoms with Gasteiger partial charge in [-0.1, -0.05) is 42.2 Å². The van der Waals surface area contributed by atoms with Crippen LogP contribution in [-0.2, 0) is 11.8 Å². The van der Waals surface area contributed by atoms with Gasteiger partial charge in [-0.3, -0.25) is 14.5 Å². The van der Waals surface area contributed by atoms with Gasteiger partial charge in [0.05, 0.1) is 10.6 Å². The molecule has 2 heterocycles. The molecule has 4 rings (SSSR count). The standard InChI is InChI=1S/C21H16N2O2S2/c1-13(24)14-7-9-16(10-8-14)23-20(25)19(27-21(23)26)11-15-12-22(2)18-6-4-3-5-17(15)18/h3-12H,1-2H3. The smallest absolute Gasteiger partial charge is 0.270 e. The van der Waals surface area contributed by atoms with E-state index in [1.54, 1.807) is 24.3 Å². The van der Waals surface area contributed by atoms with Crippen molar-refractivity contribution in [3.63, 3.8) is 0 Å². The topological polar surface area (TPSA) is 42.3 Å². The van der Waals surface area contributed by atoms with Crippen LogP contribution in [0.15, 0.2) is 59.6 Å². The Morgan fingerprint density at radius 1 is 1.11 bits per heavy atom. The van der Waals surface area contributed by atoms with E-state index in [0.29, 0.717) is 20.5 Å². The second kappa shape index (κ2) is 6.79. The van der Waals surface area contributed by atoms with Crippen LogP contribution in [0.3, 0.4) is 0 Å². The van der Waals surface area contributed by atoms with Crippen molar-refractivity contribution in [3.05, 3.63) is 70.8 Å². The molecular weight excluding hydrogens is 376 g/mol. The molecule has 0 unspecified atom stereocenters. The number of ketones is 1. The minimum Gasteiger partial charge on any atom is -0.350 e. The molecule has 2 aromatic carbocycles. The van der Waals surface area contributed by atoms with Gasteiger partial charge in [0.25, 0.3) is 5.91 Å². The Labute approximate surface area is 166 Å². The fourth-order valence-corrected chi connectivity index (χ4v) is 4.45. The van der Waals surface area contributed by atoms with Crippen LogP contribution in [0.25, 0.3) is 17.0 Å². The normalized spacial score (nSPS) is 15.9. The zero-order valence-corrected chi connectivity index (χ0v) is 16.4. The van der Waals surface area contributed by atoms with E-state index in [4.69, 9.17) is 12.2 Å². The van der Waals surface area contributed by atoms with E-state index in [1.165, 1.54) is 23.6 Å². The summed E-state index contributed by atoms with van der Waals surface area (Å²) in [5.74, 6) is -0.156. The number of aryl methyl sites for hydroxylation is 1. The lowest BCUT2D eigenvalue weighted by Crippen LogP contribution is -2.27. The third kappa shape index (κ3) is 3.11. The SMILES string of the molecule is CC(=O)c1ccc(N2C(=O)C(=Cc3cn(C)c4ccccc34)SC2=S)cc1. The van der Waals surface area contributed by atoms with E-state index in [2.05, 4.69) is 6.07 Å². The molecule has 1 aliphatic rings. The largest absolute Gasteiger partial charge is 0.350 e. The molecule has 1 aromatic heterocycles. The van der Waals surface area contributed by atoms with Crippen LogP contribution in [0.5, 0.6) is 0 Å². The molecule has 0 N–H and O–H groups in total. The first kappa shape index (κ1) is 17.7. The van der Waals surface area contributed by atoms with Crippen molar-refractivity contribution >= 4 is 62.7 Å². The number of amides is 1. The Kier molecular flexibility index (Phi) is 4.45. The highest BCUT2D eigenvalue weighted by atomic mass is 32.2. The molecule has 0 saturated carbocycles. The summed E-state index contributed by atoms with van der Waals surface area (Å²) >= 11 is 6.73. The fourth-order valence-electron chi connectivity index (χ4n) is 3.16. The average molecular weight is 393 g/mol. The number of benzene rings is 2. The van der Waals surface area contributed by atoms with Crippen LogP contribution in [-0.4, -0.2) is 20.6 Å². The molecular formula is C21H16N2O2S2. The molecule has 134 valence electrons. The highest BCUT2D eigenvalue weighted by molar-refractivity contribution is 8.27. The summed E-state index contributed by atoms with van der Waals surface area (Å²) < 4.78 is 2.53. The zero-order valence-electron chi connectivity index (χ0n) is 14.8. The van der Waals surface area contributed by atoms with E-state index < -0.39 is 0 Å². The summed E-state index contributed by atoms with van der Waals surface area (Å²) in [6, 6.07) is 15.0. The maximum Gasteiger partial charge on any atom is 0.270 e. The molecule has 1 fully saturated rings. The number of thioether (sulfide) groups is 1. The van der Waals surface area contributed by atoms with Gasteiger partial charge in [0.1, 0.15) is 0 Å². The lowest BCUT2D eigenvalue weighted by Gasteiger charge is -2.14. The number of hydrogen-bond acceptors (Lipinski definition) is 4. The highest BCUT2D eigenvalue weighted by Gasteiger charge is 2.33. The molecule has 1 amide bonds. The van der Waals surface area contributed by atoms with Crippen molar-refractivity contribution in [3.8, 4) is 0 Å². The van der Waals surface area contributed by atoms with Crippen LogP contribution >= 0.6 is 24.0 Å². The molecule has 0 bridgehead atoms. The molecule has 0 aliphatic carbocycles. The lowest BCUT2D eigenvalue weighted by molar-refractivity contribution is -0.113. The van der Waals surface area contributed by atoms with Crippen LogP contribution in [0, 0.1) is 0 Å². The summed E-state index contributed by atoms with van der Waals surface area (Å²) in [4.78, 5) is 26.5. The predicted octanol–water partition coefficient (Wildman–Crippen LogP) is 4.79. The van der Waals surface area contributed by atoms with Gasteiger partial charge in [-0.2, -0.15) is 0 Å². The number of carbonyl (C=O) groups is 2. The van der Waals surface area contributed by atoms with Crippen LogP contribution in [0.1, 0.15) is 22.8 Å². The number of thiocarbonyl (C=S) groups is 1. The minimum absolute atomic E-state index is 0.0113. The van der Waals surface area contributed by atoms with Crippen molar-refractivity contribution in [2.24, 2.45) is 7.05 Å². The molecule has 0 radical (unpaired) electrons. The number of hydrogen-bond donors (Lipinski definition) is 0. The number of rotatable bonds is 3. The summed E-state index contributed by atoms with van der Waals surface area (Å²) in [5.41, 5.74) is 3.37. The van der Waals surface area contributed by atoms with Crippen LogP contribution < -0.4 is 4.90 Å². The Bertz CT molecular complexity index is 1130. The zero-order chi connectivity index (χ0) is 19.1. The summed E-state index contributed by atoms with van der Waals surface area (Å²) in [7, 11) is 1.99. The number of anilines is 1. The van der Waals surface area contributed by atoms with Crippen molar-refractivity contribution in [2.45, 2.75) is 6.92 Å². The molecule has 6 heteroatoms. The van der Waals surface area contributed by atoms with Gasteiger partial charge >= 0.3 is 0 Å². The fraction of sp³-hybridized carbons (Fsp3) is 0.0952. The van der Waals surface area contributed by atoms with E-state index in [0.717, 1.165) is 16.5 Å². The number of nitrogens with zero attached hydrogens (tertiary/aromatic N) is 2. The predicted molar refractivity (Wildman–Crippen MR) is 115 cm³/mol. The molecule has 0 atom stereocenters. The summed E-state index contributed by atoms with van der Waals surface area (Å²) in [5, 5.41) is 1.09. The molecule has 1 saturated heterocycles. The summed E-state index contributed by atoms with van der Waals surface area (Å²) in [6.45, 7) is 1.52. The van der Waals surface area contributed by atoms with Crippen LogP contribution in [0.2, 0.25) is 0 Å². The van der Waals surface area contributed by atoms with E-state index in [9.17, 15) is 9.59 Å². The van der Waals surface area contributed by atoms with Crippen molar-refractivity contribution in [1.82, 2.24) is 4.57 Å². The average Bonchev–Trinajstić information content (AvgIpc) is 3.12. The van der Waals surface area contributed by atoms with Crippen molar-refractivity contribution in [2.75, 3.05) is 4.90 Å². The number of para-hydroxylation sites is 1. The van der Waals surface area contributed by atoms with E-state index in [-0.39, 0.29) is 11.7 Å². The molecule has 0 spiro atoms. The van der Waals surface area contributed by atoms with E-state index in [1.807, 2.05) is 42.1 Å². The number of Topliss-reactive ketones (excluding diaryl/α,β-unsaturated/α-hetero) is 1. The maximum absolute atomic E-state index is 13.0. The Morgan fingerprint density at radius 3 is 2.52 bits per heavy atom. The monoisotopic (exact) mass is 392 g/mol. The first-order valence-corrected chi connectivity index (χ1v) is 9.61. The quantitative estimate of drug-likeness (QED) is 0.365. The van der Waals surface area contributed by atoms with Crippen molar-refractivity contribution < 1.29 is 9.59 Å². The van der Waals surface area contributed by atoms with Gasteiger partial charge in [-0.25, -0.2) is 0 Å².